The molecule has 0 heterocycles. The molecule has 0 spiro atoms. The highest BCUT2D eigenvalue weighted by atomic mass is 35.5. The summed E-state index contributed by atoms with van der Waals surface area (Å²) in [7, 11) is 0. The number of hydrogen-bond acceptors (Lipinski definition) is 2. The fourth-order valence-electron chi connectivity index (χ4n) is 0.901. The van der Waals surface area contributed by atoms with Crippen LogP contribution in [-0.2, 0) is 0 Å². The second-order valence-corrected chi connectivity index (χ2v) is 3.30. The van der Waals surface area contributed by atoms with Crippen LogP contribution in [0.3, 0.4) is 0 Å². The first-order valence-electron chi connectivity index (χ1n) is 3.46. The molecular formula is C8H10Cl3NO. The molecule has 0 aromatic heterocycles. The predicted octanol–water partition coefficient (Wildman–Crippen LogP) is 2.41. The third kappa shape index (κ3) is 3.33. The van der Waals surface area contributed by atoms with E-state index in [2.05, 4.69) is 0 Å². The average Bonchev–Trinajstić information content (AvgIpc) is 2.03. The van der Waals surface area contributed by atoms with Crippen molar-refractivity contribution in [2.75, 3.05) is 6.61 Å². The van der Waals surface area contributed by atoms with Crippen molar-refractivity contribution >= 4 is 35.6 Å². The molecule has 0 fully saturated rings. The van der Waals surface area contributed by atoms with Crippen molar-refractivity contribution in [3.05, 3.63) is 33.8 Å². The molecule has 0 saturated carbocycles. The van der Waals surface area contributed by atoms with E-state index in [1.165, 1.54) is 0 Å². The van der Waals surface area contributed by atoms with Gasteiger partial charge in [0.2, 0.25) is 0 Å². The van der Waals surface area contributed by atoms with Gasteiger partial charge in [0.05, 0.1) is 12.6 Å². The first kappa shape index (κ1) is 13.0. The Bertz CT molecular complexity index is 280. The minimum atomic E-state index is -0.435. The molecule has 0 saturated heterocycles. The Labute approximate surface area is 93.1 Å². The van der Waals surface area contributed by atoms with E-state index in [9.17, 15) is 0 Å². The summed E-state index contributed by atoms with van der Waals surface area (Å²) in [6.07, 6.45) is 0. The molecule has 1 atom stereocenters. The topological polar surface area (TPSA) is 46.2 Å². The Kier molecular flexibility index (Phi) is 5.68. The van der Waals surface area contributed by atoms with Gasteiger partial charge in [0, 0.05) is 10.0 Å². The maximum atomic E-state index is 8.77. The Hall–Kier alpha value is 0.01000. The zero-order valence-electron chi connectivity index (χ0n) is 6.71. The Morgan fingerprint density at radius 2 is 2.00 bits per heavy atom. The van der Waals surface area contributed by atoms with Crippen LogP contribution in [0.1, 0.15) is 11.6 Å². The van der Waals surface area contributed by atoms with Gasteiger partial charge in [-0.05, 0) is 17.7 Å². The number of aliphatic hydroxyl groups is 1. The number of aliphatic hydroxyl groups excluding tert-OH is 1. The Balaban J connectivity index is 0.00000144. The predicted molar refractivity (Wildman–Crippen MR) is 57.7 cm³/mol. The molecule has 1 aromatic rings. The van der Waals surface area contributed by atoms with Crippen LogP contribution in [0.15, 0.2) is 18.2 Å². The first-order chi connectivity index (χ1) is 5.65. The largest absolute Gasteiger partial charge is 0.394 e. The van der Waals surface area contributed by atoms with E-state index in [1.807, 2.05) is 0 Å². The zero-order valence-corrected chi connectivity index (χ0v) is 9.03. The first-order valence-corrected chi connectivity index (χ1v) is 4.22. The average molecular weight is 243 g/mol. The second-order valence-electron chi connectivity index (χ2n) is 2.45. The highest BCUT2D eigenvalue weighted by molar-refractivity contribution is 6.35. The van der Waals surface area contributed by atoms with Gasteiger partial charge in [-0.3, -0.25) is 0 Å². The van der Waals surface area contributed by atoms with E-state index in [1.54, 1.807) is 18.2 Å². The van der Waals surface area contributed by atoms with E-state index in [4.69, 9.17) is 34.0 Å². The molecule has 5 heteroatoms. The van der Waals surface area contributed by atoms with Gasteiger partial charge in [-0.15, -0.1) is 12.4 Å². The number of nitrogens with two attached hydrogens (primary N) is 1. The van der Waals surface area contributed by atoms with Crippen LogP contribution in [0.5, 0.6) is 0 Å². The van der Waals surface area contributed by atoms with Crippen molar-refractivity contribution < 1.29 is 5.11 Å². The summed E-state index contributed by atoms with van der Waals surface area (Å²) in [6, 6.07) is 4.58. The minimum absolute atomic E-state index is 0. The monoisotopic (exact) mass is 241 g/mol. The molecule has 1 rings (SSSR count). The summed E-state index contributed by atoms with van der Waals surface area (Å²) >= 11 is 11.5. The Morgan fingerprint density at radius 1 is 1.38 bits per heavy atom. The summed E-state index contributed by atoms with van der Waals surface area (Å²) in [5.74, 6) is 0. The maximum Gasteiger partial charge on any atom is 0.0624 e. The summed E-state index contributed by atoms with van der Waals surface area (Å²) in [5, 5.41) is 9.82. The lowest BCUT2D eigenvalue weighted by atomic mass is 10.1. The van der Waals surface area contributed by atoms with Gasteiger partial charge in [-0.2, -0.15) is 0 Å². The summed E-state index contributed by atoms with van der Waals surface area (Å²) in [6.45, 7) is -0.124. The smallest absolute Gasteiger partial charge is 0.0624 e. The molecule has 0 aliphatic carbocycles. The van der Waals surface area contributed by atoms with Crippen LogP contribution in [0.4, 0.5) is 0 Å². The van der Waals surface area contributed by atoms with Crippen molar-refractivity contribution in [3.63, 3.8) is 0 Å². The van der Waals surface area contributed by atoms with Crippen LogP contribution in [0.2, 0.25) is 10.0 Å². The fourth-order valence-corrected chi connectivity index (χ4v) is 1.45. The SMILES string of the molecule is Cl.N[C@@H](CO)c1ccc(Cl)cc1Cl. The van der Waals surface area contributed by atoms with E-state index < -0.39 is 6.04 Å². The van der Waals surface area contributed by atoms with Gasteiger partial charge in [-0.1, -0.05) is 29.3 Å². The van der Waals surface area contributed by atoms with Crippen molar-refractivity contribution in [2.45, 2.75) is 6.04 Å². The lowest BCUT2D eigenvalue weighted by Gasteiger charge is -2.10. The van der Waals surface area contributed by atoms with Gasteiger partial charge in [0.1, 0.15) is 0 Å². The molecule has 0 aliphatic rings. The van der Waals surface area contributed by atoms with Crippen molar-refractivity contribution in [2.24, 2.45) is 5.73 Å². The van der Waals surface area contributed by atoms with Gasteiger partial charge < -0.3 is 10.8 Å². The standard InChI is InChI=1S/C8H9Cl2NO.ClH/c9-5-1-2-6(7(10)3-5)8(11)4-12;/h1-3,8,12H,4,11H2;1H/t8-;/m0./s1. The third-order valence-corrected chi connectivity index (χ3v) is 2.12. The molecule has 74 valence electrons. The number of rotatable bonds is 2. The fraction of sp³-hybridized carbons (Fsp3) is 0.250. The van der Waals surface area contributed by atoms with Crippen molar-refractivity contribution in [3.8, 4) is 0 Å². The van der Waals surface area contributed by atoms with E-state index in [0.29, 0.717) is 15.6 Å². The van der Waals surface area contributed by atoms with Crippen LogP contribution in [0.25, 0.3) is 0 Å². The van der Waals surface area contributed by atoms with E-state index >= 15 is 0 Å². The van der Waals surface area contributed by atoms with Crippen molar-refractivity contribution in [1.29, 1.82) is 0 Å². The van der Waals surface area contributed by atoms with E-state index in [0.717, 1.165) is 0 Å². The van der Waals surface area contributed by atoms with Gasteiger partial charge in [0.15, 0.2) is 0 Å². The van der Waals surface area contributed by atoms with E-state index in [-0.39, 0.29) is 19.0 Å². The summed E-state index contributed by atoms with van der Waals surface area (Å²) < 4.78 is 0. The quantitative estimate of drug-likeness (QED) is 0.837. The molecule has 0 radical (unpaired) electrons. The minimum Gasteiger partial charge on any atom is -0.394 e. The second kappa shape index (κ2) is 5.68. The molecule has 0 aliphatic heterocycles. The normalized spacial score (nSPS) is 12.0. The number of halogens is 3. The highest BCUT2D eigenvalue weighted by Crippen LogP contribution is 2.24. The third-order valence-electron chi connectivity index (χ3n) is 1.56. The lowest BCUT2D eigenvalue weighted by Crippen LogP contribution is -2.14. The van der Waals surface area contributed by atoms with Crippen LogP contribution < -0.4 is 5.73 Å². The summed E-state index contributed by atoms with van der Waals surface area (Å²) in [4.78, 5) is 0. The number of hydrogen-bond donors (Lipinski definition) is 2. The highest BCUT2D eigenvalue weighted by Gasteiger charge is 2.08. The van der Waals surface area contributed by atoms with Gasteiger partial charge in [0.25, 0.3) is 0 Å². The lowest BCUT2D eigenvalue weighted by molar-refractivity contribution is 0.268. The number of benzene rings is 1. The van der Waals surface area contributed by atoms with Crippen LogP contribution >= 0.6 is 35.6 Å². The molecule has 3 N–H and O–H groups in total. The van der Waals surface area contributed by atoms with Crippen molar-refractivity contribution in [1.82, 2.24) is 0 Å². The zero-order chi connectivity index (χ0) is 9.14. The molecule has 0 unspecified atom stereocenters. The Morgan fingerprint density at radius 3 is 2.46 bits per heavy atom. The molecule has 1 aromatic carbocycles. The van der Waals surface area contributed by atoms with Gasteiger partial charge in [-0.25, -0.2) is 0 Å². The van der Waals surface area contributed by atoms with Gasteiger partial charge >= 0.3 is 0 Å². The molecular weight excluding hydrogens is 232 g/mol. The maximum absolute atomic E-state index is 8.77. The molecule has 13 heavy (non-hydrogen) atoms. The van der Waals surface area contributed by atoms with Crippen LogP contribution in [0, 0.1) is 0 Å². The molecule has 0 bridgehead atoms. The molecule has 0 amide bonds. The molecule has 2 nitrogen and oxygen atoms in total. The summed E-state index contributed by atoms with van der Waals surface area (Å²) in [5.41, 5.74) is 6.28. The van der Waals surface area contributed by atoms with Crippen LogP contribution in [-0.4, -0.2) is 11.7 Å².